The van der Waals surface area contributed by atoms with Crippen molar-refractivity contribution < 1.29 is 0 Å². The summed E-state index contributed by atoms with van der Waals surface area (Å²) in [5.41, 5.74) is 14.9. The van der Waals surface area contributed by atoms with E-state index < -0.39 is 0 Å². The second-order valence-electron chi connectivity index (χ2n) is 9.90. The first-order valence-corrected chi connectivity index (χ1v) is 13.7. The van der Waals surface area contributed by atoms with Crippen molar-refractivity contribution >= 4 is 21.5 Å². The van der Waals surface area contributed by atoms with Crippen molar-refractivity contribution in [1.82, 2.24) is 0 Å². The molecule has 1 heteroatoms. The Morgan fingerprint density at radius 3 is 1.97 bits per heavy atom. The fourth-order valence-corrected chi connectivity index (χ4v) is 7.17. The fourth-order valence-electron chi connectivity index (χ4n) is 6.59. The van der Waals surface area contributed by atoms with Gasteiger partial charge in [0.05, 0.1) is 5.41 Å². The Labute approximate surface area is 232 Å². The molecule has 0 heterocycles. The molecule has 0 saturated carbocycles. The van der Waals surface area contributed by atoms with Crippen LogP contribution in [0.1, 0.15) is 27.8 Å². The van der Waals surface area contributed by atoms with Crippen molar-refractivity contribution in [3.05, 3.63) is 173 Å². The van der Waals surface area contributed by atoms with Gasteiger partial charge in [0.2, 0.25) is 0 Å². The lowest BCUT2D eigenvalue weighted by atomic mass is 9.70. The zero-order valence-electron chi connectivity index (χ0n) is 20.9. The van der Waals surface area contributed by atoms with Gasteiger partial charge >= 0.3 is 0 Å². The fraction of sp³-hybridized carbons (Fsp3) is 0.0270. The third-order valence-electron chi connectivity index (χ3n) is 8.13. The standard InChI is InChI=1S/C37H25Br/c1-3-10-24(4-2)25-17-19-26(20-18-25)27-21-22-29-28-11-5-7-13-31(28)37(34(29)23-27)32-14-8-6-12-30(32)36-33(37)15-9-16-35(36)38/h3-23H,1-2H2/b24-10+. The summed E-state index contributed by atoms with van der Waals surface area (Å²) in [5, 5.41) is 0. The van der Waals surface area contributed by atoms with E-state index in [0.717, 1.165) is 15.6 Å². The number of hydrogen-bond acceptors (Lipinski definition) is 0. The number of fused-ring (bicyclic) bond motifs is 10. The van der Waals surface area contributed by atoms with Gasteiger partial charge in [0.1, 0.15) is 0 Å². The maximum absolute atomic E-state index is 3.96. The minimum atomic E-state index is -0.347. The van der Waals surface area contributed by atoms with Gasteiger partial charge in [-0.3, -0.25) is 0 Å². The van der Waals surface area contributed by atoms with Crippen LogP contribution in [-0.2, 0) is 5.41 Å². The van der Waals surface area contributed by atoms with Crippen molar-refractivity contribution in [3.8, 4) is 33.4 Å². The van der Waals surface area contributed by atoms with Gasteiger partial charge in [0.15, 0.2) is 0 Å². The van der Waals surface area contributed by atoms with E-state index in [0.29, 0.717) is 0 Å². The summed E-state index contributed by atoms with van der Waals surface area (Å²) in [4.78, 5) is 0. The molecule has 5 aromatic carbocycles. The Bertz CT molecular complexity index is 1800. The average molecular weight is 550 g/mol. The molecule has 0 bridgehead atoms. The maximum atomic E-state index is 3.96. The van der Waals surface area contributed by atoms with Gasteiger partial charge in [-0.25, -0.2) is 0 Å². The topological polar surface area (TPSA) is 0 Å². The molecule has 2 aliphatic rings. The molecule has 1 atom stereocenters. The zero-order chi connectivity index (χ0) is 25.9. The molecule has 5 aromatic rings. The van der Waals surface area contributed by atoms with E-state index in [1.54, 1.807) is 6.08 Å². The molecule has 0 fully saturated rings. The van der Waals surface area contributed by atoms with Crippen LogP contribution in [-0.4, -0.2) is 0 Å². The maximum Gasteiger partial charge on any atom is 0.0726 e. The molecule has 0 saturated heterocycles. The number of hydrogen-bond donors (Lipinski definition) is 0. The Balaban J connectivity index is 1.49. The van der Waals surface area contributed by atoms with Crippen LogP contribution in [0, 0.1) is 0 Å². The van der Waals surface area contributed by atoms with E-state index >= 15 is 0 Å². The normalized spacial score (nSPS) is 16.5. The van der Waals surface area contributed by atoms with Crippen LogP contribution < -0.4 is 0 Å². The molecule has 7 rings (SSSR count). The van der Waals surface area contributed by atoms with Crippen LogP contribution in [0.3, 0.4) is 0 Å². The second-order valence-corrected chi connectivity index (χ2v) is 10.8. The van der Waals surface area contributed by atoms with Crippen LogP contribution in [0.4, 0.5) is 0 Å². The predicted molar refractivity (Wildman–Crippen MR) is 164 cm³/mol. The largest absolute Gasteiger partial charge is 0.0990 e. The first-order chi connectivity index (χ1) is 18.7. The molecule has 2 aliphatic carbocycles. The van der Waals surface area contributed by atoms with Crippen LogP contribution in [0.15, 0.2) is 145 Å². The summed E-state index contributed by atoms with van der Waals surface area (Å²) in [5.74, 6) is 0. The highest BCUT2D eigenvalue weighted by molar-refractivity contribution is 9.10. The van der Waals surface area contributed by atoms with Crippen molar-refractivity contribution in [2.45, 2.75) is 5.41 Å². The molecule has 180 valence electrons. The second kappa shape index (κ2) is 8.68. The molecule has 38 heavy (non-hydrogen) atoms. The van der Waals surface area contributed by atoms with Crippen LogP contribution in [0.5, 0.6) is 0 Å². The third-order valence-corrected chi connectivity index (χ3v) is 8.79. The molecule has 0 aliphatic heterocycles. The molecular weight excluding hydrogens is 524 g/mol. The van der Waals surface area contributed by atoms with E-state index in [-0.39, 0.29) is 5.41 Å². The van der Waals surface area contributed by atoms with E-state index in [9.17, 15) is 0 Å². The van der Waals surface area contributed by atoms with E-state index in [1.807, 2.05) is 12.2 Å². The van der Waals surface area contributed by atoms with Crippen LogP contribution in [0.25, 0.3) is 39.0 Å². The number of benzene rings is 5. The highest BCUT2D eigenvalue weighted by Crippen LogP contribution is 2.63. The summed E-state index contributed by atoms with van der Waals surface area (Å²) in [6, 6.07) is 40.3. The summed E-state index contributed by atoms with van der Waals surface area (Å²) >= 11 is 3.90. The van der Waals surface area contributed by atoms with E-state index in [4.69, 9.17) is 0 Å². The quantitative estimate of drug-likeness (QED) is 0.192. The van der Waals surface area contributed by atoms with Crippen molar-refractivity contribution in [2.75, 3.05) is 0 Å². The summed E-state index contributed by atoms with van der Waals surface area (Å²) in [6.07, 6.45) is 5.67. The van der Waals surface area contributed by atoms with Gasteiger partial charge in [-0.1, -0.05) is 144 Å². The molecule has 0 radical (unpaired) electrons. The lowest BCUT2D eigenvalue weighted by Gasteiger charge is -2.30. The SMILES string of the molecule is C=C/C=C(\C=C)c1ccc(-c2ccc3c(c2)C2(c4ccccc4-3)c3ccccc3-c3c(Br)cccc32)cc1. The molecule has 0 nitrogen and oxygen atoms in total. The number of allylic oxidation sites excluding steroid dienone is 4. The summed E-state index contributed by atoms with van der Waals surface area (Å²) in [6.45, 7) is 7.79. The van der Waals surface area contributed by atoms with Crippen molar-refractivity contribution in [2.24, 2.45) is 0 Å². The summed E-state index contributed by atoms with van der Waals surface area (Å²) in [7, 11) is 0. The molecular formula is C37H25Br. The Morgan fingerprint density at radius 1 is 0.605 bits per heavy atom. The predicted octanol–water partition coefficient (Wildman–Crippen LogP) is 10.2. The molecule has 1 unspecified atom stereocenters. The lowest BCUT2D eigenvalue weighted by Crippen LogP contribution is -2.25. The van der Waals surface area contributed by atoms with Gasteiger partial charge in [-0.2, -0.15) is 0 Å². The van der Waals surface area contributed by atoms with Gasteiger partial charge in [-0.15, -0.1) is 0 Å². The zero-order valence-corrected chi connectivity index (χ0v) is 22.5. The van der Waals surface area contributed by atoms with E-state index in [1.165, 1.54) is 55.6 Å². The third kappa shape index (κ3) is 3.03. The van der Waals surface area contributed by atoms with Crippen molar-refractivity contribution in [1.29, 1.82) is 0 Å². The number of halogens is 1. The minimum absolute atomic E-state index is 0.347. The highest BCUT2D eigenvalue weighted by atomic mass is 79.9. The minimum Gasteiger partial charge on any atom is -0.0990 e. The smallest absolute Gasteiger partial charge is 0.0726 e. The van der Waals surface area contributed by atoms with Gasteiger partial charge < -0.3 is 0 Å². The Hall–Kier alpha value is -4.20. The number of rotatable bonds is 4. The van der Waals surface area contributed by atoms with Crippen LogP contribution >= 0.6 is 15.9 Å². The molecule has 1 spiro atoms. The average Bonchev–Trinajstić information content (AvgIpc) is 3.44. The van der Waals surface area contributed by atoms with Crippen molar-refractivity contribution in [3.63, 3.8) is 0 Å². The van der Waals surface area contributed by atoms with Crippen LogP contribution in [0.2, 0.25) is 0 Å². The van der Waals surface area contributed by atoms with E-state index in [2.05, 4.69) is 138 Å². The lowest BCUT2D eigenvalue weighted by molar-refractivity contribution is 0.794. The molecule has 0 amide bonds. The Kier molecular flexibility index (Phi) is 5.25. The van der Waals surface area contributed by atoms with Gasteiger partial charge in [0.25, 0.3) is 0 Å². The molecule has 0 aromatic heterocycles. The monoisotopic (exact) mass is 548 g/mol. The van der Waals surface area contributed by atoms with Gasteiger partial charge in [0, 0.05) is 10.0 Å². The Morgan fingerprint density at radius 2 is 1.24 bits per heavy atom. The molecule has 0 N–H and O–H groups in total. The van der Waals surface area contributed by atoms with Gasteiger partial charge in [-0.05, 0) is 73.3 Å². The highest BCUT2D eigenvalue weighted by Gasteiger charge is 2.52. The summed E-state index contributed by atoms with van der Waals surface area (Å²) < 4.78 is 1.14. The first kappa shape index (κ1) is 23.0. The first-order valence-electron chi connectivity index (χ1n) is 12.9.